The SMILES string of the molecule is O=[N+]([O-])c1cccc(-c2ccc(/C=C/c3ccc(-c4ncc(-c5ccccc5)o4)cc3)o2)c1. The van der Waals surface area contributed by atoms with Gasteiger partial charge >= 0.3 is 0 Å². The van der Waals surface area contributed by atoms with Crippen molar-refractivity contribution in [3.05, 3.63) is 119 Å². The van der Waals surface area contributed by atoms with Crippen LogP contribution in [0.3, 0.4) is 0 Å². The number of aromatic nitrogens is 1. The standard InChI is InChI=1S/C27H18N2O4/c30-29(31)23-8-4-7-22(17-23)25-16-15-24(32-25)14-11-19-9-12-21(13-10-19)27-28-18-26(33-27)20-5-2-1-3-6-20/h1-18H/b14-11+. The second-order valence-electron chi connectivity index (χ2n) is 7.36. The molecule has 0 atom stereocenters. The van der Waals surface area contributed by atoms with Crippen LogP contribution in [0.5, 0.6) is 0 Å². The molecule has 0 saturated carbocycles. The zero-order valence-corrected chi connectivity index (χ0v) is 17.4. The second-order valence-corrected chi connectivity index (χ2v) is 7.36. The Morgan fingerprint density at radius 2 is 1.52 bits per heavy atom. The molecule has 0 aliphatic rings. The molecule has 0 bridgehead atoms. The van der Waals surface area contributed by atoms with E-state index in [4.69, 9.17) is 8.83 Å². The highest BCUT2D eigenvalue weighted by Crippen LogP contribution is 2.28. The van der Waals surface area contributed by atoms with Crippen LogP contribution in [-0.2, 0) is 0 Å². The van der Waals surface area contributed by atoms with Crippen LogP contribution >= 0.6 is 0 Å². The minimum atomic E-state index is -0.419. The van der Waals surface area contributed by atoms with E-state index in [1.807, 2.05) is 72.8 Å². The van der Waals surface area contributed by atoms with Gasteiger partial charge in [0.1, 0.15) is 11.5 Å². The van der Waals surface area contributed by atoms with Gasteiger partial charge < -0.3 is 8.83 Å². The highest BCUT2D eigenvalue weighted by Gasteiger charge is 2.10. The third-order valence-electron chi connectivity index (χ3n) is 5.13. The molecular weight excluding hydrogens is 416 g/mol. The maximum atomic E-state index is 11.0. The van der Waals surface area contributed by atoms with Crippen molar-refractivity contribution in [1.82, 2.24) is 4.98 Å². The molecule has 0 fully saturated rings. The zero-order chi connectivity index (χ0) is 22.6. The predicted molar refractivity (Wildman–Crippen MR) is 127 cm³/mol. The molecule has 5 aromatic rings. The molecule has 0 aliphatic heterocycles. The van der Waals surface area contributed by atoms with Gasteiger partial charge in [-0.25, -0.2) is 4.98 Å². The first-order valence-corrected chi connectivity index (χ1v) is 10.3. The molecule has 2 aromatic heterocycles. The van der Waals surface area contributed by atoms with E-state index < -0.39 is 4.92 Å². The summed E-state index contributed by atoms with van der Waals surface area (Å²) >= 11 is 0. The first-order valence-electron chi connectivity index (χ1n) is 10.3. The number of non-ortho nitro benzene ring substituents is 1. The van der Waals surface area contributed by atoms with Crippen LogP contribution in [0.1, 0.15) is 11.3 Å². The molecule has 3 aromatic carbocycles. The Hall–Kier alpha value is -4.71. The third kappa shape index (κ3) is 4.50. The van der Waals surface area contributed by atoms with E-state index in [9.17, 15) is 10.1 Å². The summed E-state index contributed by atoms with van der Waals surface area (Å²) in [5.41, 5.74) is 3.55. The summed E-state index contributed by atoms with van der Waals surface area (Å²) in [6, 6.07) is 27.7. The molecule has 160 valence electrons. The van der Waals surface area contributed by atoms with Crippen molar-refractivity contribution in [2.45, 2.75) is 0 Å². The first-order chi connectivity index (χ1) is 16.2. The van der Waals surface area contributed by atoms with Gasteiger partial charge in [-0.2, -0.15) is 0 Å². The molecule has 0 aliphatic carbocycles. The van der Waals surface area contributed by atoms with Crippen LogP contribution in [0, 0.1) is 10.1 Å². The molecule has 5 rings (SSSR count). The first kappa shape index (κ1) is 20.2. The van der Waals surface area contributed by atoms with Crippen LogP contribution in [0.25, 0.3) is 46.3 Å². The molecule has 0 unspecified atom stereocenters. The minimum absolute atomic E-state index is 0.0306. The van der Waals surface area contributed by atoms with E-state index >= 15 is 0 Å². The molecule has 2 heterocycles. The van der Waals surface area contributed by atoms with Crippen molar-refractivity contribution in [1.29, 1.82) is 0 Å². The van der Waals surface area contributed by atoms with E-state index in [0.29, 0.717) is 23.0 Å². The van der Waals surface area contributed by atoms with Crippen molar-refractivity contribution in [2.24, 2.45) is 0 Å². The molecule has 0 saturated heterocycles. The zero-order valence-electron chi connectivity index (χ0n) is 17.4. The molecule has 0 radical (unpaired) electrons. The molecule has 0 spiro atoms. The Balaban J connectivity index is 1.29. The maximum absolute atomic E-state index is 11.0. The fourth-order valence-electron chi connectivity index (χ4n) is 3.43. The Morgan fingerprint density at radius 1 is 0.727 bits per heavy atom. The summed E-state index contributed by atoms with van der Waals surface area (Å²) in [7, 11) is 0. The second kappa shape index (κ2) is 8.80. The van der Waals surface area contributed by atoms with E-state index in [1.54, 1.807) is 24.4 Å². The Kier molecular flexibility index (Phi) is 5.39. The Labute approximate surface area is 189 Å². The highest BCUT2D eigenvalue weighted by atomic mass is 16.6. The van der Waals surface area contributed by atoms with Crippen molar-refractivity contribution < 1.29 is 13.8 Å². The van der Waals surface area contributed by atoms with Crippen LogP contribution in [0.4, 0.5) is 5.69 Å². The average Bonchev–Trinajstić information content (AvgIpc) is 3.54. The lowest BCUT2D eigenvalue weighted by molar-refractivity contribution is -0.384. The smallest absolute Gasteiger partial charge is 0.270 e. The molecule has 0 amide bonds. The van der Waals surface area contributed by atoms with Gasteiger partial charge in [-0.05, 0) is 35.9 Å². The van der Waals surface area contributed by atoms with Crippen molar-refractivity contribution in [3.63, 3.8) is 0 Å². The van der Waals surface area contributed by atoms with Gasteiger partial charge in [0.15, 0.2) is 5.76 Å². The molecular formula is C27H18N2O4. The lowest BCUT2D eigenvalue weighted by Gasteiger charge is -1.98. The summed E-state index contributed by atoms with van der Waals surface area (Å²) in [6.07, 6.45) is 5.52. The number of hydrogen-bond acceptors (Lipinski definition) is 5. The number of nitro groups is 1. The topological polar surface area (TPSA) is 82.3 Å². The van der Waals surface area contributed by atoms with E-state index in [-0.39, 0.29) is 5.69 Å². The maximum Gasteiger partial charge on any atom is 0.270 e. The number of rotatable bonds is 6. The van der Waals surface area contributed by atoms with Crippen LogP contribution in [0.2, 0.25) is 0 Å². The predicted octanol–water partition coefficient (Wildman–Crippen LogP) is 7.35. The number of oxazole rings is 1. The largest absolute Gasteiger partial charge is 0.457 e. The molecule has 0 N–H and O–H groups in total. The van der Waals surface area contributed by atoms with E-state index in [2.05, 4.69) is 4.98 Å². The van der Waals surface area contributed by atoms with Crippen LogP contribution < -0.4 is 0 Å². The Bertz CT molecular complexity index is 1430. The summed E-state index contributed by atoms with van der Waals surface area (Å²) in [5, 5.41) is 11.0. The minimum Gasteiger partial charge on any atom is -0.457 e. The van der Waals surface area contributed by atoms with Crippen LogP contribution in [0.15, 0.2) is 106 Å². The van der Waals surface area contributed by atoms with E-state index in [1.165, 1.54) is 12.1 Å². The quantitative estimate of drug-likeness (QED) is 0.206. The monoisotopic (exact) mass is 434 g/mol. The van der Waals surface area contributed by atoms with Crippen molar-refractivity contribution in [2.75, 3.05) is 0 Å². The number of nitro benzene ring substituents is 1. The van der Waals surface area contributed by atoms with Crippen molar-refractivity contribution >= 4 is 17.8 Å². The summed E-state index contributed by atoms with van der Waals surface area (Å²) in [6.45, 7) is 0. The molecule has 33 heavy (non-hydrogen) atoms. The van der Waals surface area contributed by atoms with Gasteiger partial charge in [0.05, 0.1) is 11.1 Å². The van der Waals surface area contributed by atoms with Crippen LogP contribution in [-0.4, -0.2) is 9.91 Å². The normalized spacial score (nSPS) is 11.2. The fourth-order valence-corrected chi connectivity index (χ4v) is 3.43. The summed E-state index contributed by atoms with van der Waals surface area (Å²) in [4.78, 5) is 15.0. The number of nitrogens with zero attached hydrogens (tertiary/aromatic N) is 2. The lowest BCUT2D eigenvalue weighted by atomic mass is 10.1. The number of benzene rings is 3. The van der Waals surface area contributed by atoms with Gasteiger partial charge in [0.2, 0.25) is 5.89 Å². The van der Waals surface area contributed by atoms with Gasteiger partial charge in [0, 0.05) is 28.8 Å². The van der Waals surface area contributed by atoms with E-state index in [0.717, 1.165) is 22.5 Å². The van der Waals surface area contributed by atoms with Gasteiger partial charge in [-0.1, -0.05) is 60.7 Å². The number of furan rings is 1. The van der Waals surface area contributed by atoms with Gasteiger partial charge in [-0.15, -0.1) is 0 Å². The summed E-state index contributed by atoms with van der Waals surface area (Å²) in [5.74, 6) is 2.52. The fraction of sp³-hybridized carbons (Fsp3) is 0. The average molecular weight is 434 g/mol. The van der Waals surface area contributed by atoms with Gasteiger partial charge in [0.25, 0.3) is 5.69 Å². The molecule has 6 heteroatoms. The van der Waals surface area contributed by atoms with Gasteiger partial charge in [-0.3, -0.25) is 10.1 Å². The summed E-state index contributed by atoms with van der Waals surface area (Å²) < 4.78 is 11.7. The third-order valence-corrected chi connectivity index (χ3v) is 5.13. The number of hydrogen-bond donors (Lipinski definition) is 0. The highest BCUT2D eigenvalue weighted by molar-refractivity contribution is 5.71. The lowest BCUT2D eigenvalue weighted by Crippen LogP contribution is -1.87. The molecule has 6 nitrogen and oxygen atoms in total. The Morgan fingerprint density at radius 3 is 2.30 bits per heavy atom. The van der Waals surface area contributed by atoms with Crippen molar-refractivity contribution in [3.8, 4) is 34.1 Å².